The fourth-order valence-electron chi connectivity index (χ4n) is 2.06. The van der Waals surface area contributed by atoms with Crippen molar-refractivity contribution in [1.29, 1.82) is 0 Å². The maximum atomic E-state index is 5.89. The number of halogens is 1. The molecule has 0 spiro atoms. The number of imidazole rings is 1. The van der Waals surface area contributed by atoms with E-state index in [0.717, 1.165) is 34.2 Å². The molecule has 0 bridgehead atoms. The minimum Gasteiger partial charge on any atom is -0.363 e. The van der Waals surface area contributed by atoms with Crippen molar-refractivity contribution in [2.24, 2.45) is 0 Å². The van der Waals surface area contributed by atoms with Gasteiger partial charge in [-0.25, -0.2) is 9.97 Å². The number of anilines is 1. The lowest BCUT2D eigenvalue weighted by molar-refractivity contribution is 1.03. The summed E-state index contributed by atoms with van der Waals surface area (Å²) in [5, 5.41) is 0.746. The van der Waals surface area contributed by atoms with E-state index in [0.29, 0.717) is 0 Å². The summed E-state index contributed by atoms with van der Waals surface area (Å²) in [6, 6.07) is 11.8. The van der Waals surface area contributed by atoms with Crippen LogP contribution in [0.15, 0.2) is 36.4 Å². The Morgan fingerprint density at radius 1 is 1.05 bits per heavy atom. The monoisotopic (exact) mass is 286 g/mol. The van der Waals surface area contributed by atoms with E-state index in [1.807, 2.05) is 55.4 Å². The number of nitrogens with zero attached hydrogens (tertiary/aromatic N) is 3. The van der Waals surface area contributed by atoms with Crippen molar-refractivity contribution in [3.63, 3.8) is 0 Å². The first-order valence-electron chi connectivity index (χ1n) is 6.39. The van der Waals surface area contributed by atoms with Crippen LogP contribution >= 0.6 is 11.6 Å². The van der Waals surface area contributed by atoms with E-state index in [9.17, 15) is 0 Å². The number of benzene rings is 1. The van der Waals surface area contributed by atoms with E-state index >= 15 is 0 Å². The maximum absolute atomic E-state index is 5.89. The molecule has 0 fully saturated rings. The molecule has 0 aliphatic heterocycles. The molecule has 2 aromatic heterocycles. The summed E-state index contributed by atoms with van der Waals surface area (Å²) in [5.74, 6) is 1.81. The summed E-state index contributed by atoms with van der Waals surface area (Å²) in [7, 11) is 3.94. The zero-order valence-corrected chi connectivity index (χ0v) is 12.1. The maximum Gasteiger partial charge on any atom is 0.179 e. The normalized spacial score (nSPS) is 10.9. The molecule has 0 saturated heterocycles. The van der Waals surface area contributed by atoms with Gasteiger partial charge in [-0.2, -0.15) is 0 Å². The lowest BCUT2D eigenvalue weighted by atomic mass is 10.1. The Kier molecular flexibility index (Phi) is 3.32. The van der Waals surface area contributed by atoms with Gasteiger partial charge >= 0.3 is 0 Å². The van der Waals surface area contributed by atoms with Crippen LogP contribution in [0.5, 0.6) is 0 Å². The third-order valence-corrected chi connectivity index (χ3v) is 3.38. The number of nitrogens with one attached hydrogen (secondary N) is 1. The Morgan fingerprint density at radius 3 is 2.50 bits per heavy atom. The lowest BCUT2D eigenvalue weighted by Gasteiger charge is -2.09. The van der Waals surface area contributed by atoms with Gasteiger partial charge in [0.15, 0.2) is 5.65 Å². The highest BCUT2D eigenvalue weighted by atomic mass is 35.5. The average molecular weight is 287 g/mol. The first-order chi connectivity index (χ1) is 9.61. The number of rotatable bonds is 3. The topological polar surface area (TPSA) is 44.8 Å². The predicted octanol–water partition coefficient (Wildman–Crippen LogP) is 3.27. The van der Waals surface area contributed by atoms with E-state index in [-0.39, 0.29) is 0 Å². The van der Waals surface area contributed by atoms with Gasteiger partial charge in [0, 0.05) is 25.5 Å². The van der Waals surface area contributed by atoms with Crippen molar-refractivity contribution in [3.05, 3.63) is 52.8 Å². The minimum absolute atomic E-state index is 0.741. The van der Waals surface area contributed by atoms with Gasteiger partial charge in [0.25, 0.3) is 0 Å². The minimum atomic E-state index is 0.741. The van der Waals surface area contributed by atoms with Crippen LogP contribution in [0, 0.1) is 0 Å². The molecule has 102 valence electrons. The number of hydrogen-bond donors (Lipinski definition) is 1. The van der Waals surface area contributed by atoms with Gasteiger partial charge in [-0.05, 0) is 29.8 Å². The van der Waals surface area contributed by atoms with Gasteiger partial charge in [-0.15, -0.1) is 0 Å². The van der Waals surface area contributed by atoms with Gasteiger partial charge in [0.2, 0.25) is 0 Å². The van der Waals surface area contributed by atoms with Crippen molar-refractivity contribution in [2.45, 2.75) is 6.42 Å². The molecule has 20 heavy (non-hydrogen) atoms. The van der Waals surface area contributed by atoms with Crippen LogP contribution in [0.2, 0.25) is 5.02 Å². The number of pyridine rings is 1. The first kappa shape index (κ1) is 12.9. The molecule has 0 aliphatic rings. The van der Waals surface area contributed by atoms with E-state index in [1.165, 1.54) is 5.56 Å². The largest absolute Gasteiger partial charge is 0.363 e. The van der Waals surface area contributed by atoms with Crippen molar-refractivity contribution in [2.75, 3.05) is 19.0 Å². The summed E-state index contributed by atoms with van der Waals surface area (Å²) in [6.07, 6.45) is 0.741. The second-order valence-electron chi connectivity index (χ2n) is 4.92. The number of fused-ring (bicyclic) bond motifs is 1. The Labute approximate surface area is 122 Å². The standard InChI is InChI=1S/C15H15ClN4/c1-20(2)14-8-7-12-15(19-14)18-13(17-12)9-10-3-5-11(16)6-4-10/h3-8H,9H2,1-2H3,(H,17,18,19). The van der Waals surface area contributed by atoms with Crippen LogP contribution in [-0.4, -0.2) is 29.0 Å². The molecule has 0 atom stereocenters. The zero-order chi connectivity index (χ0) is 14.1. The third kappa shape index (κ3) is 2.60. The van der Waals surface area contributed by atoms with E-state index < -0.39 is 0 Å². The molecule has 1 N–H and O–H groups in total. The molecule has 0 aliphatic carbocycles. The molecule has 5 heteroatoms. The van der Waals surface area contributed by atoms with Crippen LogP contribution in [-0.2, 0) is 6.42 Å². The van der Waals surface area contributed by atoms with Crippen molar-refractivity contribution < 1.29 is 0 Å². The van der Waals surface area contributed by atoms with Crippen molar-refractivity contribution >= 4 is 28.6 Å². The van der Waals surface area contributed by atoms with Crippen LogP contribution in [0.3, 0.4) is 0 Å². The summed E-state index contributed by atoms with van der Waals surface area (Å²) in [4.78, 5) is 14.3. The van der Waals surface area contributed by atoms with Crippen LogP contribution < -0.4 is 4.90 Å². The Balaban J connectivity index is 1.90. The zero-order valence-electron chi connectivity index (χ0n) is 11.4. The van der Waals surface area contributed by atoms with Crippen LogP contribution in [0.1, 0.15) is 11.4 Å². The summed E-state index contributed by atoms with van der Waals surface area (Å²) < 4.78 is 0. The molecule has 0 unspecified atom stereocenters. The predicted molar refractivity (Wildman–Crippen MR) is 82.5 cm³/mol. The highest BCUT2D eigenvalue weighted by Crippen LogP contribution is 2.17. The smallest absolute Gasteiger partial charge is 0.179 e. The summed E-state index contributed by atoms with van der Waals surface area (Å²) in [5.41, 5.74) is 2.88. The Morgan fingerprint density at radius 2 is 1.80 bits per heavy atom. The SMILES string of the molecule is CN(C)c1ccc2[nH]c(Cc3ccc(Cl)cc3)nc2n1. The van der Waals surface area contributed by atoms with Gasteiger partial charge in [-0.1, -0.05) is 23.7 Å². The number of aromatic nitrogens is 3. The second kappa shape index (κ2) is 5.13. The number of hydrogen-bond acceptors (Lipinski definition) is 3. The Hall–Kier alpha value is -2.07. The van der Waals surface area contributed by atoms with E-state index in [2.05, 4.69) is 15.0 Å². The molecule has 3 rings (SSSR count). The van der Waals surface area contributed by atoms with Crippen molar-refractivity contribution in [3.8, 4) is 0 Å². The van der Waals surface area contributed by atoms with Gasteiger partial charge in [0.1, 0.15) is 11.6 Å². The molecule has 0 radical (unpaired) electrons. The fourth-order valence-corrected chi connectivity index (χ4v) is 2.19. The molecular weight excluding hydrogens is 272 g/mol. The molecule has 0 amide bonds. The average Bonchev–Trinajstić information content (AvgIpc) is 2.82. The summed E-state index contributed by atoms with van der Waals surface area (Å²) >= 11 is 5.89. The molecule has 1 aromatic carbocycles. The quantitative estimate of drug-likeness (QED) is 0.804. The third-order valence-electron chi connectivity index (χ3n) is 3.12. The van der Waals surface area contributed by atoms with Gasteiger partial charge in [-0.3, -0.25) is 0 Å². The number of H-pyrrole nitrogens is 1. The molecule has 2 heterocycles. The van der Waals surface area contributed by atoms with Crippen LogP contribution in [0.4, 0.5) is 5.82 Å². The van der Waals surface area contributed by atoms with Gasteiger partial charge < -0.3 is 9.88 Å². The molecule has 4 nitrogen and oxygen atoms in total. The Bertz CT molecular complexity index is 731. The lowest BCUT2D eigenvalue weighted by Crippen LogP contribution is -2.10. The van der Waals surface area contributed by atoms with Crippen molar-refractivity contribution in [1.82, 2.24) is 15.0 Å². The van der Waals surface area contributed by atoms with Gasteiger partial charge in [0.05, 0.1) is 5.52 Å². The molecule has 3 aromatic rings. The van der Waals surface area contributed by atoms with Crippen LogP contribution in [0.25, 0.3) is 11.2 Å². The van der Waals surface area contributed by atoms with E-state index in [4.69, 9.17) is 11.6 Å². The summed E-state index contributed by atoms with van der Waals surface area (Å²) in [6.45, 7) is 0. The van der Waals surface area contributed by atoms with E-state index in [1.54, 1.807) is 0 Å². The highest BCUT2D eigenvalue weighted by Gasteiger charge is 2.07. The second-order valence-corrected chi connectivity index (χ2v) is 5.36. The fraction of sp³-hybridized carbons (Fsp3) is 0.200. The molecule has 0 saturated carbocycles. The molecular formula is C15H15ClN4. The highest BCUT2D eigenvalue weighted by molar-refractivity contribution is 6.30. The first-order valence-corrected chi connectivity index (χ1v) is 6.77. The number of aromatic amines is 1.